The van der Waals surface area contributed by atoms with Gasteiger partial charge in [0.15, 0.2) is 0 Å². The number of carbonyl (C=O) groups is 2. The van der Waals surface area contributed by atoms with Crippen molar-refractivity contribution in [2.45, 2.75) is 6.17 Å². The number of urea groups is 1. The number of aliphatic imine (C=N–C) groups is 1. The van der Waals surface area contributed by atoms with Gasteiger partial charge in [0.05, 0.1) is 16.6 Å². The summed E-state index contributed by atoms with van der Waals surface area (Å²) in [5, 5.41) is 3.47. The number of rotatable bonds is 5. The van der Waals surface area contributed by atoms with Crippen LogP contribution in [-0.2, 0) is 4.79 Å². The predicted molar refractivity (Wildman–Crippen MR) is 104 cm³/mol. The Balaban J connectivity index is 1.98. The van der Waals surface area contributed by atoms with Crippen LogP contribution in [0.2, 0.25) is 5.02 Å². The number of amidine groups is 1. The van der Waals surface area contributed by atoms with E-state index in [0.717, 1.165) is 10.6 Å². The highest BCUT2D eigenvalue weighted by atomic mass is 35.5. The Morgan fingerprint density at radius 3 is 2.38 bits per heavy atom. The van der Waals surface area contributed by atoms with E-state index in [1.807, 2.05) is 30.3 Å². The summed E-state index contributed by atoms with van der Waals surface area (Å²) in [5.41, 5.74) is 1.19. The van der Waals surface area contributed by atoms with Crippen LogP contribution in [0.3, 0.4) is 0 Å². The van der Waals surface area contributed by atoms with Gasteiger partial charge in [0.25, 0.3) is 5.91 Å². The summed E-state index contributed by atoms with van der Waals surface area (Å²) in [4.78, 5) is 31.7. The average molecular weight is 391 g/mol. The minimum Gasteiger partial charge on any atom is -0.363 e. The highest BCUT2D eigenvalue weighted by Crippen LogP contribution is 2.29. The third kappa shape index (κ3) is 3.52. The molecule has 0 spiro atoms. The monoisotopic (exact) mass is 390 g/mol. The van der Waals surface area contributed by atoms with Crippen LogP contribution < -0.4 is 10.2 Å². The Labute approximate surface area is 161 Å². The van der Waals surface area contributed by atoms with E-state index in [1.165, 1.54) is 11.9 Å². The number of likely N-dealkylation sites (N-methyl/N-ethyl adjacent to an activating group) is 1. The molecule has 26 heavy (non-hydrogen) atoms. The lowest BCUT2D eigenvalue weighted by molar-refractivity contribution is -0.119. The van der Waals surface area contributed by atoms with Crippen LogP contribution in [0.1, 0.15) is 0 Å². The average Bonchev–Trinajstić information content (AvgIpc) is 2.86. The molecule has 1 atom stereocenters. The zero-order valence-electron chi connectivity index (χ0n) is 13.9. The molecule has 1 N–H and O–H groups in total. The van der Waals surface area contributed by atoms with Crippen molar-refractivity contribution in [1.82, 2.24) is 4.90 Å². The van der Waals surface area contributed by atoms with Crippen LogP contribution in [-0.4, -0.2) is 41.8 Å². The molecule has 6 nitrogen and oxygen atoms in total. The number of nitrogens with zero attached hydrogens (tertiary/aromatic N) is 3. The van der Waals surface area contributed by atoms with Crippen LogP contribution in [0.25, 0.3) is 0 Å². The number of para-hydroxylation sites is 2. The summed E-state index contributed by atoms with van der Waals surface area (Å²) >= 11 is 12.2. The molecule has 0 aromatic heterocycles. The Morgan fingerprint density at radius 2 is 1.73 bits per heavy atom. The molecule has 134 valence electrons. The molecule has 1 saturated heterocycles. The fourth-order valence-corrected chi connectivity index (χ4v) is 2.88. The molecule has 0 bridgehead atoms. The van der Waals surface area contributed by atoms with E-state index < -0.39 is 18.1 Å². The second-order valence-electron chi connectivity index (χ2n) is 5.57. The van der Waals surface area contributed by atoms with E-state index in [0.29, 0.717) is 10.7 Å². The SMILES string of the molecule is CN1C(=O)/C(=N\C(CCl)Nc2ccccc2)N(c2ccccc2Cl)C1=O. The molecule has 1 unspecified atom stereocenters. The van der Waals surface area contributed by atoms with Crippen molar-refractivity contribution in [3.8, 4) is 0 Å². The minimum absolute atomic E-state index is 0.0281. The van der Waals surface area contributed by atoms with E-state index in [4.69, 9.17) is 23.2 Å². The van der Waals surface area contributed by atoms with Gasteiger partial charge in [-0.3, -0.25) is 9.69 Å². The van der Waals surface area contributed by atoms with Gasteiger partial charge < -0.3 is 5.32 Å². The van der Waals surface area contributed by atoms with Gasteiger partial charge in [0.2, 0.25) is 5.84 Å². The van der Waals surface area contributed by atoms with Crippen molar-refractivity contribution < 1.29 is 9.59 Å². The number of hydrogen-bond donors (Lipinski definition) is 1. The molecule has 1 aliphatic rings. The van der Waals surface area contributed by atoms with Gasteiger partial charge in [0.1, 0.15) is 6.17 Å². The Hall–Kier alpha value is -2.57. The maximum absolute atomic E-state index is 12.5. The normalized spacial score (nSPS) is 17.1. The van der Waals surface area contributed by atoms with Gasteiger partial charge in [-0.2, -0.15) is 0 Å². The number of carbonyl (C=O) groups excluding carboxylic acids is 2. The summed E-state index contributed by atoms with van der Waals surface area (Å²) in [5.74, 6) is -0.431. The third-order valence-corrected chi connectivity index (χ3v) is 4.42. The number of imide groups is 1. The predicted octanol–water partition coefficient (Wildman–Crippen LogP) is 3.81. The van der Waals surface area contributed by atoms with Crippen molar-refractivity contribution in [1.29, 1.82) is 0 Å². The van der Waals surface area contributed by atoms with Gasteiger partial charge in [-0.1, -0.05) is 41.9 Å². The van der Waals surface area contributed by atoms with Crippen molar-refractivity contribution in [3.05, 3.63) is 59.6 Å². The Morgan fingerprint density at radius 1 is 1.08 bits per heavy atom. The fourth-order valence-electron chi connectivity index (χ4n) is 2.52. The highest BCUT2D eigenvalue weighted by molar-refractivity contribution is 6.55. The lowest BCUT2D eigenvalue weighted by atomic mass is 10.3. The lowest BCUT2D eigenvalue weighted by Crippen LogP contribution is -2.34. The smallest absolute Gasteiger partial charge is 0.337 e. The van der Waals surface area contributed by atoms with Gasteiger partial charge in [-0.05, 0) is 24.3 Å². The number of anilines is 2. The van der Waals surface area contributed by atoms with Crippen LogP contribution in [0.5, 0.6) is 0 Å². The second-order valence-corrected chi connectivity index (χ2v) is 6.28. The summed E-state index contributed by atoms with van der Waals surface area (Å²) in [7, 11) is 1.40. The van der Waals surface area contributed by atoms with E-state index in [2.05, 4.69) is 10.3 Å². The first kappa shape index (κ1) is 18.2. The van der Waals surface area contributed by atoms with Crippen LogP contribution in [0.4, 0.5) is 16.2 Å². The zero-order chi connectivity index (χ0) is 18.7. The number of halogens is 2. The quantitative estimate of drug-likeness (QED) is 0.623. The fraction of sp³-hybridized carbons (Fsp3) is 0.167. The van der Waals surface area contributed by atoms with Gasteiger partial charge in [0, 0.05) is 12.7 Å². The van der Waals surface area contributed by atoms with Crippen molar-refractivity contribution in [2.24, 2.45) is 4.99 Å². The summed E-state index contributed by atoms with van der Waals surface area (Å²) in [6, 6.07) is 15.6. The van der Waals surface area contributed by atoms with Crippen LogP contribution >= 0.6 is 23.2 Å². The largest absolute Gasteiger partial charge is 0.363 e. The minimum atomic E-state index is -0.595. The highest BCUT2D eigenvalue weighted by Gasteiger charge is 2.42. The maximum atomic E-state index is 12.5. The van der Waals surface area contributed by atoms with E-state index in [1.54, 1.807) is 24.3 Å². The van der Waals surface area contributed by atoms with E-state index in [9.17, 15) is 9.59 Å². The zero-order valence-corrected chi connectivity index (χ0v) is 15.4. The first-order valence-corrected chi connectivity index (χ1v) is 8.76. The molecule has 2 aromatic carbocycles. The first-order valence-electron chi connectivity index (χ1n) is 7.85. The molecule has 1 fully saturated rings. The summed E-state index contributed by atoms with van der Waals surface area (Å²) in [6.07, 6.45) is -0.595. The standard InChI is InChI=1S/C18H16Cl2N4O2/c1-23-17(25)16(22-15(11-19)21-12-7-3-2-4-8-12)24(18(23)26)14-10-6-5-9-13(14)20/h2-10,15,21H,11H2,1H3/b22-16+. The number of nitrogens with one attached hydrogen (secondary N) is 1. The number of amides is 3. The second kappa shape index (κ2) is 7.76. The molecule has 0 aliphatic carbocycles. The first-order chi connectivity index (χ1) is 12.5. The summed E-state index contributed by atoms with van der Waals surface area (Å²) < 4.78 is 0. The molecule has 0 radical (unpaired) electrons. The number of alkyl halides is 1. The molecule has 3 amide bonds. The summed E-state index contributed by atoms with van der Waals surface area (Å²) in [6.45, 7) is 0. The molecule has 3 rings (SSSR count). The molecular formula is C18H16Cl2N4O2. The van der Waals surface area contributed by atoms with E-state index in [-0.39, 0.29) is 11.7 Å². The van der Waals surface area contributed by atoms with Crippen molar-refractivity contribution in [2.75, 3.05) is 23.1 Å². The Bertz CT molecular complexity index is 857. The van der Waals surface area contributed by atoms with Crippen LogP contribution in [0.15, 0.2) is 59.6 Å². The van der Waals surface area contributed by atoms with Crippen LogP contribution in [0, 0.1) is 0 Å². The third-order valence-electron chi connectivity index (χ3n) is 3.81. The van der Waals surface area contributed by atoms with Crippen molar-refractivity contribution >= 4 is 52.4 Å². The molecular weight excluding hydrogens is 375 g/mol. The van der Waals surface area contributed by atoms with Gasteiger partial charge in [-0.15, -0.1) is 11.6 Å². The number of benzene rings is 2. The topological polar surface area (TPSA) is 65.0 Å². The van der Waals surface area contributed by atoms with E-state index >= 15 is 0 Å². The molecule has 1 aliphatic heterocycles. The molecule has 0 saturated carbocycles. The lowest BCUT2D eigenvalue weighted by Gasteiger charge is -2.19. The van der Waals surface area contributed by atoms with Crippen molar-refractivity contribution in [3.63, 3.8) is 0 Å². The molecule has 8 heteroatoms. The Kier molecular flexibility index (Phi) is 5.44. The maximum Gasteiger partial charge on any atom is 0.337 e. The van der Waals surface area contributed by atoms with Gasteiger partial charge in [-0.25, -0.2) is 14.7 Å². The van der Waals surface area contributed by atoms with Gasteiger partial charge >= 0.3 is 6.03 Å². The molecule has 2 aromatic rings. The molecule has 1 heterocycles. The number of hydrogen-bond acceptors (Lipinski definition) is 4.